The third-order valence-electron chi connectivity index (χ3n) is 2.75. The number of piperidine rings is 1. The minimum absolute atomic E-state index is 0.421. The topological polar surface area (TPSA) is 42.2 Å². The lowest BCUT2D eigenvalue weighted by Gasteiger charge is -2.21. The molecule has 0 radical (unpaired) electrons. The molecule has 1 aromatic heterocycles. The number of hydrogen-bond acceptors (Lipinski definition) is 3. The smallest absolute Gasteiger partial charge is 0.153 e. The zero-order chi connectivity index (χ0) is 9.97. The van der Waals surface area contributed by atoms with Gasteiger partial charge >= 0.3 is 0 Å². The van der Waals surface area contributed by atoms with Crippen LogP contribution in [0.1, 0.15) is 40.6 Å². The third-order valence-corrected chi connectivity index (χ3v) is 2.75. The van der Waals surface area contributed by atoms with Crippen LogP contribution in [0, 0.1) is 6.92 Å². The zero-order valence-corrected chi connectivity index (χ0v) is 8.38. The van der Waals surface area contributed by atoms with Crippen molar-refractivity contribution in [3.05, 3.63) is 23.2 Å². The molecule has 3 heteroatoms. The summed E-state index contributed by atoms with van der Waals surface area (Å²) in [4.78, 5) is 10.8. The van der Waals surface area contributed by atoms with Crippen molar-refractivity contribution in [2.45, 2.75) is 25.7 Å². The zero-order valence-electron chi connectivity index (χ0n) is 8.38. The quantitative estimate of drug-likeness (QED) is 0.729. The van der Waals surface area contributed by atoms with Crippen LogP contribution in [-0.4, -0.2) is 19.4 Å². The standard InChI is InChI=1S/C11H15NO2/c1-8-6-10(7-13)11(14-8)9-2-4-12-5-3-9/h6-7,9,12H,2-5H2,1H3. The Balaban J connectivity index is 2.24. The maximum absolute atomic E-state index is 10.8. The average Bonchev–Trinajstić information content (AvgIpc) is 2.61. The van der Waals surface area contributed by atoms with Crippen LogP contribution in [0.4, 0.5) is 0 Å². The van der Waals surface area contributed by atoms with Crippen LogP contribution in [-0.2, 0) is 0 Å². The molecule has 0 amide bonds. The van der Waals surface area contributed by atoms with Gasteiger partial charge in [0.05, 0.1) is 5.56 Å². The van der Waals surface area contributed by atoms with Crippen LogP contribution in [0.25, 0.3) is 0 Å². The summed E-state index contributed by atoms with van der Waals surface area (Å²) in [5.74, 6) is 2.14. The van der Waals surface area contributed by atoms with Crippen molar-refractivity contribution >= 4 is 6.29 Å². The van der Waals surface area contributed by atoms with Gasteiger partial charge in [-0.2, -0.15) is 0 Å². The molecule has 1 fully saturated rings. The van der Waals surface area contributed by atoms with Gasteiger partial charge in [0.1, 0.15) is 11.5 Å². The van der Waals surface area contributed by atoms with Crippen molar-refractivity contribution < 1.29 is 9.21 Å². The Bertz CT molecular complexity index is 324. The molecule has 0 aliphatic carbocycles. The van der Waals surface area contributed by atoms with Crippen LogP contribution in [0.5, 0.6) is 0 Å². The molecule has 14 heavy (non-hydrogen) atoms. The largest absolute Gasteiger partial charge is 0.465 e. The van der Waals surface area contributed by atoms with Gasteiger partial charge in [-0.25, -0.2) is 0 Å². The number of hydrogen-bond donors (Lipinski definition) is 1. The van der Waals surface area contributed by atoms with Gasteiger partial charge in [0.15, 0.2) is 6.29 Å². The summed E-state index contributed by atoms with van der Waals surface area (Å²) >= 11 is 0. The first-order valence-electron chi connectivity index (χ1n) is 5.07. The maximum Gasteiger partial charge on any atom is 0.153 e. The Morgan fingerprint density at radius 2 is 2.21 bits per heavy atom. The second-order valence-electron chi connectivity index (χ2n) is 3.82. The van der Waals surface area contributed by atoms with Crippen molar-refractivity contribution in [2.24, 2.45) is 0 Å². The molecule has 0 aromatic carbocycles. The predicted octanol–water partition coefficient (Wildman–Crippen LogP) is 1.87. The fourth-order valence-electron chi connectivity index (χ4n) is 2.05. The van der Waals surface area contributed by atoms with Crippen LogP contribution in [0.2, 0.25) is 0 Å². The van der Waals surface area contributed by atoms with Gasteiger partial charge in [-0.05, 0) is 38.9 Å². The van der Waals surface area contributed by atoms with E-state index in [0.717, 1.165) is 49.3 Å². The fraction of sp³-hybridized carbons (Fsp3) is 0.545. The van der Waals surface area contributed by atoms with E-state index in [9.17, 15) is 4.79 Å². The number of aryl methyl sites for hydroxylation is 1. The summed E-state index contributed by atoms with van der Waals surface area (Å²) < 4.78 is 5.59. The van der Waals surface area contributed by atoms with Crippen molar-refractivity contribution in [3.63, 3.8) is 0 Å². The molecular formula is C11H15NO2. The average molecular weight is 193 g/mol. The summed E-state index contributed by atoms with van der Waals surface area (Å²) in [5.41, 5.74) is 0.731. The van der Waals surface area contributed by atoms with E-state index in [1.54, 1.807) is 0 Å². The third kappa shape index (κ3) is 1.73. The molecule has 1 aliphatic rings. The molecule has 1 aromatic rings. The Hall–Kier alpha value is -1.09. The van der Waals surface area contributed by atoms with E-state index in [0.29, 0.717) is 5.92 Å². The number of rotatable bonds is 2. The van der Waals surface area contributed by atoms with E-state index < -0.39 is 0 Å². The number of nitrogens with one attached hydrogen (secondary N) is 1. The Labute approximate surface area is 83.5 Å². The van der Waals surface area contributed by atoms with E-state index in [2.05, 4.69) is 5.32 Å². The summed E-state index contributed by atoms with van der Waals surface area (Å²) in [6.07, 6.45) is 3.02. The predicted molar refractivity (Wildman–Crippen MR) is 53.7 cm³/mol. The maximum atomic E-state index is 10.8. The van der Waals surface area contributed by atoms with E-state index >= 15 is 0 Å². The second-order valence-corrected chi connectivity index (χ2v) is 3.82. The molecule has 0 unspecified atom stereocenters. The molecule has 2 heterocycles. The van der Waals surface area contributed by atoms with Crippen molar-refractivity contribution in [3.8, 4) is 0 Å². The molecular weight excluding hydrogens is 178 g/mol. The first kappa shape index (κ1) is 9.46. The van der Waals surface area contributed by atoms with Crippen LogP contribution >= 0.6 is 0 Å². The Morgan fingerprint density at radius 3 is 2.86 bits per heavy atom. The van der Waals surface area contributed by atoms with E-state index in [1.165, 1.54) is 0 Å². The highest BCUT2D eigenvalue weighted by Gasteiger charge is 2.21. The molecule has 2 rings (SSSR count). The molecule has 76 valence electrons. The molecule has 3 nitrogen and oxygen atoms in total. The summed E-state index contributed by atoms with van der Waals surface area (Å²) in [5, 5.41) is 3.30. The van der Waals surface area contributed by atoms with Crippen molar-refractivity contribution in [2.75, 3.05) is 13.1 Å². The first-order valence-corrected chi connectivity index (χ1v) is 5.07. The monoisotopic (exact) mass is 193 g/mol. The van der Waals surface area contributed by atoms with Gasteiger partial charge in [-0.15, -0.1) is 0 Å². The summed E-state index contributed by atoms with van der Waals surface area (Å²) in [6, 6.07) is 1.82. The van der Waals surface area contributed by atoms with Crippen molar-refractivity contribution in [1.29, 1.82) is 0 Å². The van der Waals surface area contributed by atoms with Crippen LogP contribution in [0.15, 0.2) is 10.5 Å². The Morgan fingerprint density at radius 1 is 1.50 bits per heavy atom. The van der Waals surface area contributed by atoms with E-state index in [-0.39, 0.29) is 0 Å². The van der Waals surface area contributed by atoms with Gasteiger partial charge in [0.25, 0.3) is 0 Å². The van der Waals surface area contributed by atoms with Crippen molar-refractivity contribution in [1.82, 2.24) is 5.32 Å². The molecule has 0 spiro atoms. The van der Waals surface area contributed by atoms with Gasteiger partial charge in [0, 0.05) is 5.92 Å². The van der Waals surface area contributed by atoms with Crippen LogP contribution < -0.4 is 5.32 Å². The normalized spacial score (nSPS) is 18.4. The SMILES string of the molecule is Cc1cc(C=O)c(C2CCNCC2)o1. The summed E-state index contributed by atoms with van der Waals surface area (Å²) in [7, 11) is 0. The highest BCUT2D eigenvalue weighted by atomic mass is 16.3. The van der Waals surface area contributed by atoms with E-state index in [4.69, 9.17) is 4.42 Å². The van der Waals surface area contributed by atoms with Gasteiger partial charge < -0.3 is 9.73 Å². The fourth-order valence-corrected chi connectivity index (χ4v) is 2.05. The van der Waals surface area contributed by atoms with Gasteiger partial charge in [0.2, 0.25) is 0 Å². The lowest BCUT2D eigenvalue weighted by molar-refractivity contribution is 0.112. The first-order chi connectivity index (χ1) is 6.81. The molecule has 0 saturated carbocycles. The Kier molecular flexibility index (Phi) is 2.68. The number of furan rings is 1. The lowest BCUT2D eigenvalue weighted by Crippen LogP contribution is -2.26. The summed E-state index contributed by atoms with van der Waals surface area (Å²) in [6.45, 7) is 3.92. The molecule has 1 N–H and O–H groups in total. The molecule has 1 aliphatic heterocycles. The molecule has 0 bridgehead atoms. The van der Waals surface area contributed by atoms with Crippen LogP contribution in [0.3, 0.4) is 0 Å². The minimum Gasteiger partial charge on any atom is -0.465 e. The number of carbonyl (C=O) groups excluding carboxylic acids is 1. The van der Waals surface area contributed by atoms with Gasteiger partial charge in [-0.1, -0.05) is 0 Å². The number of aldehydes is 1. The molecule has 1 saturated heterocycles. The van der Waals surface area contributed by atoms with E-state index in [1.807, 2.05) is 13.0 Å². The highest BCUT2D eigenvalue weighted by Crippen LogP contribution is 2.29. The van der Waals surface area contributed by atoms with Gasteiger partial charge in [-0.3, -0.25) is 4.79 Å². The highest BCUT2D eigenvalue weighted by molar-refractivity contribution is 5.76. The lowest BCUT2D eigenvalue weighted by atomic mass is 9.93. The second kappa shape index (κ2) is 3.96. The number of carbonyl (C=O) groups is 1. The minimum atomic E-state index is 0.421. The molecule has 0 atom stereocenters.